The molecule has 0 radical (unpaired) electrons. The van der Waals surface area contributed by atoms with Gasteiger partial charge in [-0.3, -0.25) is 14.6 Å². The predicted molar refractivity (Wildman–Crippen MR) is 107 cm³/mol. The molecule has 0 spiro atoms. The van der Waals surface area contributed by atoms with Crippen LogP contribution in [0.5, 0.6) is 0 Å². The minimum atomic E-state index is -0.620. The van der Waals surface area contributed by atoms with Crippen LogP contribution in [0.3, 0.4) is 0 Å². The van der Waals surface area contributed by atoms with E-state index in [0.29, 0.717) is 11.8 Å². The maximum atomic E-state index is 13.3. The molecule has 2 unspecified atom stereocenters. The molecule has 1 saturated heterocycles. The van der Waals surface area contributed by atoms with Gasteiger partial charge in [0.2, 0.25) is 11.9 Å². The van der Waals surface area contributed by atoms with E-state index >= 15 is 0 Å². The zero-order valence-electron chi connectivity index (χ0n) is 16.4. The molecule has 3 heterocycles. The van der Waals surface area contributed by atoms with Crippen molar-refractivity contribution in [1.29, 1.82) is 0 Å². The summed E-state index contributed by atoms with van der Waals surface area (Å²) in [6, 6.07) is 8.71. The van der Waals surface area contributed by atoms with E-state index in [2.05, 4.69) is 10.1 Å². The number of carbonyl (C=O) groups is 2. The summed E-state index contributed by atoms with van der Waals surface area (Å²) in [5.74, 6) is 0.786. The summed E-state index contributed by atoms with van der Waals surface area (Å²) in [4.78, 5) is 33.4. The summed E-state index contributed by atoms with van der Waals surface area (Å²) < 4.78 is 1.94. The number of hydrogen-bond donors (Lipinski definition) is 0. The van der Waals surface area contributed by atoms with Crippen LogP contribution < -0.4 is 0 Å². The lowest BCUT2D eigenvalue weighted by Crippen LogP contribution is -2.64. The summed E-state index contributed by atoms with van der Waals surface area (Å²) in [7, 11) is 3.46. The first-order chi connectivity index (χ1) is 13.4. The molecule has 1 aromatic carbocycles. The standard InChI is InChI=1S/C20H23N6O2/c1-13-14(2)26-16-17(21-19(26)24(4)22-13)23(3)20(28)25(18(16)27)12-8-11-15-9-6-5-7-10-15/h5-11,14,16H,12H2,1-4H3/q+1/b11-8+. The Labute approximate surface area is 163 Å². The van der Waals surface area contributed by atoms with Gasteiger partial charge >= 0.3 is 12.0 Å². The Morgan fingerprint density at radius 2 is 1.89 bits per heavy atom. The zero-order valence-corrected chi connectivity index (χ0v) is 16.4. The molecule has 0 saturated carbocycles. The van der Waals surface area contributed by atoms with Gasteiger partial charge in [0.25, 0.3) is 5.91 Å². The fourth-order valence-electron chi connectivity index (χ4n) is 3.70. The molecule has 4 rings (SSSR count). The Bertz CT molecular complexity index is 962. The van der Waals surface area contributed by atoms with Gasteiger partial charge in [-0.1, -0.05) is 47.5 Å². The summed E-state index contributed by atoms with van der Waals surface area (Å²) in [6.45, 7) is 4.13. The molecule has 8 heteroatoms. The smallest absolute Gasteiger partial charge is 0.270 e. The molecule has 1 aromatic rings. The van der Waals surface area contributed by atoms with E-state index in [1.54, 1.807) is 19.1 Å². The number of hydrogen-bond acceptors (Lipinski definition) is 5. The van der Waals surface area contributed by atoms with E-state index in [1.807, 2.05) is 60.9 Å². The highest BCUT2D eigenvalue weighted by atomic mass is 16.2. The number of imide groups is 1. The average Bonchev–Trinajstić information content (AvgIpc) is 3.10. The van der Waals surface area contributed by atoms with Crippen molar-refractivity contribution in [2.24, 2.45) is 10.1 Å². The Hall–Kier alpha value is -3.29. The minimum Gasteiger partial charge on any atom is -0.270 e. The van der Waals surface area contributed by atoms with Gasteiger partial charge in [0.15, 0.2) is 0 Å². The van der Waals surface area contributed by atoms with Crippen molar-refractivity contribution in [3.8, 4) is 0 Å². The summed E-state index contributed by atoms with van der Waals surface area (Å²) in [5, 5.41) is 6.12. The second-order valence-corrected chi connectivity index (χ2v) is 7.12. The third-order valence-electron chi connectivity index (χ3n) is 5.35. The van der Waals surface area contributed by atoms with Crippen molar-refractivity contribution in [2.75, 3.05) is 20.6 Å². The monoisotopic (exact) mass is 379 g/mol. The quantitative estimate of drug-likeness (QED) is 0.747. The normalized spacial score (nSPS) is 24.6. The fraction of sp³-hybridized carbons (Fsp3) is 0.350. The Morgan fingerprint density at radius 3 is 2.61 bits per heavy atom. The lowest BCUT2D eigenvalue weighted by atomic mass is 10.1. The summed E-state index contributed by atoms with van der Waals surface area (Å²) in [5.41, 5.74) is 1.91. The molecular formula is C20H23N6O2+. The largest absolute Gasteiger partial charge is 0.416 e. The van der Waals surface area contributed by atoms with Gasteiger partial charge < -0.3 is 0 Å². The van der Waals surface area contributed by atoms with Crippen molar-refractivity contribution in [2.45, 2.75) is 25.9 Å². The van der Waals surface area contributed by atoms with Crippen LogP contribution in [-0.2, 0) is 4.79 Å². The van der Waals surface area contributed by atoms with Crippen LogP contribution in [0.4, 0.5) is 4.79 Å². The Morgan fingerprint density at radius 1 is 1.18 bits per heavy atom. The summed E-state index contributed by atoms with van der Waals surface area (Å²) in [6.07, 6.45) is 3.74. The Kier molecular flexibility index (Phi) is 4.33. The van der Waals surface area contributed by atoms with Crippen LogP contribution in [0.1, 0.15) is 19.4 Å². The molecule has 28 heavy (non-hydrogen) atoms. The van der Waals surface area contributed by atoms with E-state index in [-0.39, 0.29) is 24.5 Å². The first kappa shape index (κ1) is 18.1. The lowest BCUT2D eigenvalue weighted by molar-refractivity contribution is -0.558. The molecule has 3 aliphatic heterocycles. The molecule has 2 atom stereocenters. The number of nitrogens with zero attached hydrogens (tertiary/aromatic N) is 6. The number of likely N-dealkylation sites (N-methyl/N-ethyl adjacent to an activating group) is 1. The van der Waals surface area contributed by atoms with Crippen LogP contribution in [0.15, 0.2) is 46.5 Å². The van der Waals surface area contributed by atoms with E-state index in [0.717, 1.165) is 11.3 Å². The molecule has 0 aliphatic carbocycles. The number of benzene rings is 1. The van der Waals surface area contributed by atoms with Gasteiger partial charge in [0, 0.05) is 13.6 Å². The number of amides is 3. The molecule has 0 N–H and O–H groups in total. The average molecular weight is 379 g/mol. The summed E-state index contributed by atoms with van der Waals surface area (Å²) >= 11 is 0. The van der Waals surface area contributed by atoms with Crippen LogP contribution in [-0.4, -0.2) is 81.6 Å². The topological polar surface area (TPSA) is 71.6 Å². The van der Waals surface area contributed by atoms with Gasteiger partial charge in [0.05, 0.1) is 12.8 Å². The number of amidine groups is 1. The molecule has 3 amide bonds. The molecule has 1 fully saturated rings. The van der Waals surface area contributed by atoms with Crippen molar-refractivity contribution >= 4 is 35.5 Å². The SMILES string of the molecule is CC1=NN(C)C2=[N+](C1C)C1C(=O)N(C/C=C/c3ccccc3)C(=O)N(C)C1=N2. The maximum Gasteiger partial charge on any atom is 0.416 e. The highest BCUT2D eigenvalue weighted by molar-refractivity contribution is 6.23. The minimum absolute atomic E-state index is 0.0790. The zero-order chi connectivity index (χ0) is 20.0. The molecule has 3 aliphatic rings. The fourth-order valence-corrected chi connectivity index (χ4v) is 3.70. The number of carbonyl (C=O) groups excluding carboxylic acids is 2. The van der Waals surface area contributed by atoms with Crippen LogP contribution in [0, 0.1) is 0 Å². The number of urea groups is 1. The van der Waals surface area contributed by atoms with Crippen LogP contribution >= 0.6 is 0 Å². The van der Waals surface area contributed by atoms with E-state index in [1.165, 1.54) is 9.80 Å². The van der Waals surface area contributed by atoms with E-state index < -0.39 is 6.04 Å². The Balaban J connectivity index is 1.62. The number of rotatable bonds is 3. The van der Waals surface area contributed by atoms with Crippen LogP contribution in [0.25, 0.3) is 6.08 Å². The van der Waals surface area contributed by atoms with Gasteiger partial charge in [-0.25, -0.2) is 9.37 Å². The molecule has 8 nitrogen and oxygen atoms in total. The highest BCUT2D eigenvalue weighted by Gasteiger charge is 2.55. The lowest BCUT2D eigenvalue weighted by Gasteiger charge is -2.35. The highest BCUT2D eigenvalue weighted by Crippen LogP contribution is 2.24. The van der Waals surface area contributed by atoms with E-state index in [9.17, 15) is 9.59 Å². The molecule has 0 bridgehead atoms. The van der Waals surface area contributed by atoms with Crippen molar-refractivity contribution in [3.63, 3.8) is 0 Å². The molecular weight excluding hydrogens is 356 g/mol. The maximum absolute atomic E-state index is 13.3. The number of hydrazone groups is 1. The third-order valence-corrected chi connectivity index (χ3v) is 5.35. The first-order valence-corrected chi connectivity index (χ1v) is 9.23. The number of aliphatic imine (C=N–C) groups is 1. The number of fused-ring (bicyclic) bond motifs is 2. The van der Waals surface area contributed by atoms with Gasteiger partial charge in [0.1, 0.15) is 6.04 Å². The van der Waals surface area contributed by atoms with Gasteiger partial charge in [-0.2, -0.15) is 0 Å². The van der Waals surface area contributed by atoms with E-state index in [4.69, 9.17) is 0 Å². The first-order valence-electron chi connectivity index (χ1n) is 9.23. The second-order valence-electron chi connectivity index (χ2n) is 7.12. The van der Waals surface area contributed by atoms with Crippen molar-refractivity contribution in [3.05, 3.63) is 42.0 Å². The van der Waals surface area contributed by atoms with Crippen LogP contribution in [0.2, 0.25) is 0 Å². The van der Waals surface area contributed by atoms with Crippen molar-refractivity contribution < 1.29 is 14.2 Å². The number of guanidine groups is 1. The van der Waals surface area contributed by atoms with Gasteiger partial charge in [-0.05, 0) is 19.4 Å². The van der Waals surface area contributed by atoms with Crippen molar-refractivity contribution in [1.82, 2.24) is 14.8 Å². The molecule has 144 valence electrons. The van der Waals surface area contributed by atoms with Gasteiger partial charge in [-0.15, -0.1) is 10.1 Å². The molecule has 0 aromatic heterocycles. The predicted octanol–water partition coefficient (Wildman–Crippen LogP) is 1.45. The third kappa shape index (κ3) is 2.72. The second kappa shape index (κ2) is 6.70.